The number of hydrogen-bond acceptors (Lipinski definition) is 24. The Bertz CT molecular complexity index is 2840. The SMILES string of the molecule is O=S(=O)(O)c1ccccc1C=Cc1ccc(Nc2nc(Nc3ccccc3)nc(N(OCCO)OCCO)n2)c(Nc2nc(Nc3ccccc3)nc(N(OCCO)OCCO)n2)c1S(=O)(=O)O. The molecule has 6 aromatic rings. The lowest BCUT2D eigenvalue weighted by molar-refractivity contribution is -0.106. The van der Waals surface area contributed by atoms with Crippen LogP contribution >= 0.6 is 0 Å². The standard InChI is InChI=1S/C40H44N12O14S2/c53-19-23-63-51(64-24-20-54)39-47-35(41-29-10-3-1-4-11-29)45-37(49-39)43-31-18-17-28(16-15-27-9-7-8-14-32(27)67(57,58)59)34(68(60,61)62)33(31)44-38-46-36(42-30-12-5-2-6-13-30)48-40(50-38)52(65-25-21-55)66-26-22-56/h1-18,53-56H,19-26H2,(H,57,58,59)(H,60,61,62)(H2,41,43,45,47,49)(H2,42,44,46,48,50). The molecule has 0 aliphatic rings. The molecule has 360 valence electrons. The van der Waals surface area contributed by atoms with Gasteiger partial charge in [-0.3, -0.25) is 9.11 Å². The lowest BCUT2D eigenvalue weighted by Crippen LogP contribution is -2.29. The molecular formula is C40H44N12O14S2. The van der Waals surface area contributed by atoms with Gasteiger partial charge in [0.25, 0.3) is 32.1 Å². The molecule has 4 aromatic carbocycles. The number of hydrogen-bond donors (Lipinski definition) is 10. The highest BCUT2D eigenvalue weighted by Crippen LogP contribution is 2.38. The zero-order chi connectivity index (χ0) is 48.5. The number of nitrogens with one attached hydrogen (secondary N) is 4. The van der Waals surface area contributed by atoms with Gasteiger partial charge in [0.05, 0.1) is 37.8 Å². The van der Waals surface area contributed by atoms with E-state index in [9.17, 15) is 46.4 Å². The summed E-state index contributed by atoms with van der Waals surface area (Å²) in [4.78, 5) is 46.8. The molecule has 0 radical (unpaired) electrons. The number of benzene rings is 4. The minimum Gasteiger partial charge on any atom is -0.394 e. The van der Waals surface area contributed by atoms with Gasteiger partial charge in [-0.05, 0) is 47.5 Å². The summed E-state index contributed by atoms with van der Waals surface area (Å²) < 4.78 is 72.7. The minimum absolute atomic E-state index is 0.0508. The summed E-state index contributed by atoms with van der Waals surface area (Å²) in [6, 6.07) is 25.1. The summed E-state index contributed by atoms with van der Waals surface area (Å²) in [5.74, 6) is -1.80. The van der Waals surface area contributed by atoms with Gasteiger partial charge in [-0.15, -0.1) is 0 Å². The van der Waals surface area contributed by atoms with Crippen LogP contribution in [0.3, 0.4) is 0 Å². The Morgan fingerprint density at radius 3 is 1.32 bits per heavy atom. The van der Waals surface area contributed by atoms with Crippen molar-refractivity contribution in [1.29, 1.82) is 0 Å². The van der Waals surface area contributed by atoms with Gasteiger partial charge in [-0.2, -0.15) is 46.7 Å². The molecule has 2 heterocycles. The Kier molecular flexibility index (Phi) is 17.9. The van der Waals surface area contributed by atoms with E-state index >= 15 is 0 Å². The molecule has 0 atom stereocenters. The first-order chi connectivity index (χ1) is 32.8. The molecule has 0 spiro atoms. The monoisotopic (exact) mass is 980 g/mol. The molecule has 10 N–H and O–H groups in total. The van der Waals surface area contributed by atoms with E-state index in [-0.39, 0.29) is 67.0 Å². The molecule has 0 saturated heterocycles. The van der Waals surface area contributed by atoms with Crippen LogP contribution in [0.25, 0.3) is 12.2 Å². The number of nitrogens with zero attached hydrogens (tertiary/aromatic N) is 8. The minimum atomic E-state index is -5.33. The smallest absolute Gasteiger partial charge is 0.297 e. The second-order valence-electron chi connectivity index (χ2n) is 13.3. The highest BCUT2D eigenvalue weighted by Gasteiger charge is 2.27. The molecule has 0 amide bonds. The van der Waals surface area contributed by atoms with Crippen molar-refractivity contribution in [3.63, 3.8) is 0 Å². The van der Waals surface area contributed by atoms with Gasteiger partial charge in [0.2, 0.25) is 23.8 Å². The van der Waals surface area contributed by atoms with Crippen molar-refractivity contribution in [1.82, 2.24) is 29.9 Å². The molecule has 68 heavy (non-hydrogen) atoms. The van der Waals surface area contributed by atoms with Crippen LogP contribution in [0, 0.1) is 0 Å². The van der Waals surface area contributed by atoms with Crippen molar-refractivity contribution in [3.05, 3.63) is 108 Å². The molecular weight excluding hydrogens is 937 g/mol. The van der Waals surface area contributed by atoms with E-state index in [0.717, 1.165) is 12.1 Å². The van der Waals surface area contributed by atoms with Crippen molar-refractivity contribution in [2.24, 2.45) is 0 Å². The largest absolute Gasteiger partial charge is 0.394 e. The van der Waals surface area contributed by atoms with Gasteiger partial charge in [0, 0.05) is 11.4 Å². The first kappa shape index (κ1) is 50.4. The van der Waals surface area contributed by atoms with E-state index in [1.807, 2.05) is 0 Å². The van der Waals surface area contributed by atoms with Crippen LogP contribution in [-0.2, 0) is 39.6 Å². The fraction of sp³-hybridized carbons (Fsp3) is 0.200. The predicted molar refractivity (Wildman–Crippen MR) is 244 cm³/mol. The summed E-state index contributed by atoms with van der Waals surface area (Å²) in [6.07, 6.45) is 2.35. The van der Waals surface area contributed by atoms with Crippen molar-refractivity contribution in [2.75, 3.05) is 84.6 Å². The van der Waals surface area contributed by atoms with Crippen molar-refractivity contribution in [2.45, 2.75) is 9.79 Å². The normalized spacial score (nSPS) is 11.7. The van der Waals surface area contributed by atoms with E-state index in [2.05, 4.69) is 51.2 Å². The number of aliphatic hydroxyl groups is 4. The summed E-state index contributed by atoms with van der Waals surface area (Å²) in [5, 5.41) is 51.2. The Hall–Kier alpha value is -7.06. The van der Waals surface area contributed by atoms with E-state index < -0.39 is 74.0 Å². The quantitative estimate of drug-likeness (QED) is 0.0212. The van der Waals surface area contributed by atoms with Crippen LogP contribution in [-0.4, -0.2) is 129 Å². The molecule has 2 aromatic heterocycles. The number of anilines is 10. The van der Waals surface area contributed by atoms with Gasteiger partial charge >= 0.3 is 0 Å². The van der Waals surface area contributed by atoms with Crippen molar-refractivity contribution >= 4 is 90.8 Å². The fourth-order valence-electron chi connectivity index (χ4n) is 5.72. The first-order valence-electron chi connectivity index (χ1n) is 19.9. The Morgan fingerprint density at radius 1 is 0.471 bits per heavy atom. The zero-order valence-corrected chi connectivity index (χ0v) is 37.0. The van der Waals surface area contributed by atoms with Crippen LogP contribution in [0.1, 0.15) is 11.1 Å². The average molecular weight is 981 g/mol. The van der Waals surface area contributed by atoms with Crippen molar-refractivity contribution < 1.29 is 65.7 Å². The van der Waals surface area contributed by atoms with Gasteiger partial charge in [0.1, 0.15) is 36.2 Å². The van der Waals surface area contributed by atoms with E-state index in [4.69, 9.17) is 19.4 Å². The number of aliphatic hydroxyl groups excluding tert-OH is 4. The van der Waals surface area contributed by atoms with Gasteiger partial charge in [-0.25, -0.2) is 19.4 Å². The average Bonchev–Trinajstić information content (AvgIpc) is 3.31. The van der Waals surface area contributed by atoms with E-state index in [1.165, 1.54) is 36.4 Å². The molecule has 0 unspecified atom stereocenters. The second kappa shape index (κ2) is 24.1. The molecule has 0 aliphatic carbocycles. The van der Waals surface area contributed by atoms with E-state index in [0.29, 0.717) is 21.8 Å². The van der Waals surface area contributed by atoms with Crippen LogP contribution in [0.4, 0.5) is 58.4 Å². The van der Waals surface area contributed by atoms with Crippen molar-refractivity contribution in [3.8, 4) is 0 Å². The maximum Gasteiger partial charge on any atom is 0.297 e. The van der Waals surface area contributed by atoms with Gasteiger partial charge < -0.3 is 41.7 Å². The summed E-state index contributed by atoms with van der Waals surface area (Å²) in [6.45, 7) is -3.16. The third-order valence-corrected chi connectivity index (χ3v) is 10.3. The molecule has 0 saturated carbocycles. The third-order valence-electron chi connectivity index (χ3n) is 8.40. The Balaban J connectivity index is 1.57. The fourth-order valence-corrected chi connectivity index (χ4v) is 7.26. The first-order valence-corrected chi connectivity index (χ1v) is 22.8. The lowest BCUT2D eigenvalue weighted by Gasteiger charge is -2.22. The zero-order valence-electron chi connectivity index (χ0n) is 35.4. The van der Waals surface area contributed by atoms with Crippen LogP contribution in [0.15, 0.2) is 107 Å². The maximum absolute atomic E-state index is 13.7. The second-order valence-corrected chi connectivity index (χ2v) is 16.0. The molecule has 0 fully saturated rings. The number of aromatic nitrogens is 6. The number of para-hydroxylation sites is 2. The third kappa shape index (κ3) is 14.2. The topological polar surface area (TPSA) is 359 Å². The Labute approximate surface area is 387 Å². The highest BCUT2D eigenvalue weighted by molar-refractivity contribution is 7.86. The maximum atomic E-state index is 13.7. The van der Waals surface area contributed by atoms with Gasteiger partial charge in [0.15, 0.2) is 0 Å². The lowest BCUT2D eigenvalue weighted by atomic mass is 10.1. The predicted octanol–water partition coefficient (Wildman–Crippen LogP) is 3.00. The van der Waals surface area contributed by atoms with E-state index in [1.54, 1.807) is 60.7 Å². The summed E-state index contributed by atoms with van der Waals surface area (Å²) in [5.41, 5.74) is 0.0284. The number of rotatable bonds is 26. The molecule has 6 rings (SSSR count). The molecule has 0 aliphatic heterocycles. The molecule has 0 bridgehead atoms. The van der Waals surface area contributed by atoms with Crippen LogP contribution in [0.2, 0.25) is 0 Å². The highest BCUT2D eigenvalue weighted by atomic mass is 32.2. The van der Waals surface area contributed by atoms with Gasteiger partial charge in [-0.1, -0.05) is 83.3 Å². The van der Waals surface area contributed by atoms with Crippen LogP contribution < -0.4 is 31.7 Å². The summed E-state index contributed by atoms with van der Waals surface area (Å²) in [7, 11) is -10.1. The van der Waals surface area contributed by atoms with Crippen LogP contribution in [0.5, 0.6) is 0 Å². The molecule has 26 nitrogen and oxygen atoms in total. The summed E-state index contributed by atoms with van der Waals surface area (Å²) >= 11 is 0. The molecule has 28 heteroatoms. The Morgan fingerprint density at radius 2 is 0.882 bits per heavy atom.